The second kappa shape index (κ2) is 9.63. The lowest BCUT2D eigenvalue weighted by molar-refractivity contribution is -0.113. The normalized spacial score (nSPS) is 11.1. The molecule has 154 valence electrons. The number of nitrogens with one attached hydrogen (secondary N) is 1. The SMILES string of the molecule is CCn1c(CSc2ccc(C)cc2)nnc1SCC(=O)Nc1nc2ccccc2s1. The molecule has 9 heteroatoms. The molecule has 0 spiro atoms. The fourth-order valence-corrected chi connectivity index (χ4v) is 5.38. The number of fused-ring (bicyclic) bond motifs is 1. The summed E-state index contributed by atoms with van der Waals surface area (Å²) < 4.78 is 3.12. The lowest BCUT2D eigenvalue weighted by Gasteiger charge is -2.07. The number of carbonyl (C=O) groups is 1. The van der Waals surface area contributed by atoms with E-state index < -0.39 is 0 Å². The van der Waals surface area contributed by atoms with Crippen LogP contribution in [0.15, 0.2) is 58.6 Å². The largest absolute Gasteiger partial charge is 0.306 e. The first kappa shape index (κ1) is 20.9. The Labute approximate surface area is 187 Å². The zero-order valence-electron chi connectivity index (χ0n) is 16.7. The van der Waals surface area contributed by atoms with E-state index in [9.17, 15) is 4.79 Å². The van der Waals surface area contributed by atoms with Crippen LogP contribution in [0.5, 0.6) is 0 Å². The average molecular weight is 456 g/mol. The Hall–Kier alpha value is -2.36. The molecule has 0 aliphatic heterocycles. The van der Waals surface area contributed by atoms with Gasteiger partial charge in [0.25, 0.3) is 0 Å². The van der Waals surface area contributed by atoms with E-state index in [4.69, 9.17) is 0 Å². The van der Waals surface area contributed by atoms with Crippen LogP contribution in [0.2, 0.25) is 0 Å². The lowest BCUT2D eigenvalue weighted by Crippen LogP contribution is -2.14. The highest BCUT2D eigenvalue weighted by Crippen LogP contribution is 2.27. The van der Waals surface area contributed by atoms with Gasteiger partial charge in [-0.1, -0.05) is 52.9 Å². The van der Waals surface area contributed by atoms with Crippen LogP contribution in [0.25, 0.3) is 10.2 Å². The molecule has 2 aromatic heterocycles. The molecule has 0 aliphatic carbocycles. The first-order valence-electron chi connectivity index (χ1n) is 9.52. The van der Waals surface area contributed by atoms with Gasteiger partial charge >= 0.3 is 0 Å². The van der Waals surface area contributed by atoms with Crippen LogP contribution >= 0.6 is 34.9 Å². The van der Waals surface area contributed by atoms with Crippen LogP contribution in [0.1, 0.15) is 18.3 Å². The summed E-state index contributed by atoms with van der Waals surface area (Å²) in [4.78, 5) is 18.0. The summed E-state index contributed by atoms with van der Waals surface area (Å²) in [5.41, 5.74) is 2.14. The monoisotopic (exact) mass is 455 g/mol. The molecule has 0 atom stereocenters. The van der Waals surface area contributed by atoms with Crippen LogP contribution < -0.4 is 5.32 Å². The van der Waals surface area contributed by atoms with Gasteiger partial charge in [0.15, 0.2) is 10.3 Å². The van der Waals surface area contributed by atoms with Gasteiger partial charge < -0.3 is 9.88 Å². The highest BCUT2D eigenvalue weighted by atomic mass is 32.2. The van der Waals surface area contributed by atoms with E-state index in [1.165, 1.54) is 33.6 Å². The number of nitrogens with zero attached hydrogens (tertiary/aromatic N) is 4. The minimum Gasteiger partial charge on any atom is -0.306 e. The molecule has 0 unspecified atom stereocenters. The van der Waals surface area contributed by atoms with Gasteiger partial charge in [-0.15, -0.1) is 22.0 Å². The molecule has 4 aromatic rings. The molecular formula is C21H21N5OS3. The number of carbonyl (C=O) groups excluding carboxylic acids is 1. The Bertz CT molecular complexity index is 1120. The second-order valence-corrected chi connectivity index (χ2v) is 9.59. The third-order valence-corrected chi connectivity index (χ3v) is 7.30. The summed E-state index contributed by atoms with van der Waals surface area (Å²) in [6.07, 6.45) is 0. The van der Waals surface area contributed by atoms with Gasteiger partial charge in [0, 0.05) is 11.4 Å². The van der Waals surface area contributed by atoms with Crippen molar-refractivity contribution in [1.29, 1.82) is 0 Å². The number of hydrogen-bond donors (Lipinski definition) is 1. The zero-order valence-corrected chi connectivity index (χ0v) is 19.1. The minimum atomic E-state index is -0.0970. The maximum absolute atomic E-state index is 12.4. The number of para-hydroxylation sites is 1. The van der Waals surface area contributed by atoms with Crippen molar-refractivity contribution in [2.75, 3.05) is 11.1 Å². The third-order valence-electron chi connectivity index (χ3n) is 4.37. The summed E-state index contributed by atoms with van der Waals surface area (Å²) in [7, 11) is 0. The number of thiazole rings is 1. The summed E-state index contributed by atoms with van der Waals surface area (Å²) in [5.74, 6) is 1.82. The van der Waals surface area contributed by atoms with Crippen LogP contribution in [0.3, 0.4) is 0 Å². The smallest absolute Gasteiger partial charge is 0.236 e. The molecule has 4 rings (SSSR count). The zero-order chi connectivity index (χ0) is 20.9. The van der Waals surface area contributed by atoms with Crippen LogP contribution in [-0.4, -0.2) is 31.4 Å². The number of benzene rings is 2. The molecule has 1 amide bonds. The first-order valence-corrected chi connectivity index (χ1v) is 12.3. The molecule has 0 radical (unpaired) electrons. The summed E-state index contributed by atoms with van der Waals surface area (Å²) in [5, 5.41) is 12.9. The predicted molar refractivity (Wildman–Crippen MR) is 125 cm³/mol. The van der Waals surface area contributed by atoms with Crippen molar-refractivity contribution in [3.63, 3.8) is 0 Å². The average Bonchev–Trinajstić information content (AvgIpc) is 3.34. The van der Waals surface area contributed by atoms with Crippen LogP contribution in [-0.2, 0) is 17.1 Å². The molecule has 2 aromatic carbocycles. The number of anilines is 1. The van der Waals surface area contributed by atoms with Crippen molar-refractivity contribution in [3.05, 3.63) is 59.9 Å². The van der Waals surface area contributed by atoms with Gasteiger partial charge in [-0.05, 0) is 38.1 Å². The van der Waals surface area contributed by atoms with E-state index in [0.29, 0.717) is 5.13 Å². The molecular weight excluding hydrogens is 434 g/mol. The van der Waals surface area contributed by atoms with Gasteiger partial charge in [0.05, 0.1) is 21.7 Å². The number of hydrogen-bond acceptors (Lipinski definition) is 7. The maximum Gasteiger partial charge on any atom is 0.236 e. The molecule has 0 saturated carbocycles. The van der Waals surface area contributed by atoms with E-state index in [-0.39, 0.29) is 11.7 Å². The predicted octanol–water partition coefficient (Wildman–Crippen LogP) is 5.24. The van der Waals surface area contributed by atoms with Crippen molar-refractivity contribution in [2.24, 2.45) is 0 Å². The van der Waals surface area contributed by atoms with Crippen molar-refractivity contribution in [3.8, 4) is 0 Å². The lowest BCUT2D eigenvalue weighted by atomic mass is 10.2. The highest BCUT2D eigenvalue weighted by molar-refractivity contribution is 7.99. The second-order valence-electron chi connectivity index (χ2n) is 6.57. The Kier molecular flexibility index (Phi) is 6.71. The molecule has 0 aliphatic rings. The van der Waals surface area contributed by atoms with Gasteiger partial charge in [-0.3, -0.25) is 4.79 Å². The van der Waals surface area contributed by atoms with Crippen molar-refractivity contribution < 1.29 is 4.79 Å². The van der Waals surface area contributed by atoms with Crippen molar-refractivity contribution >= 4 is 56.1 Å². The number of thioether (sulfide) groups is 2. The molecule has 0 bridgehead atoms. The summed E-state index contributed by atoms with van der Waals surface area (Å²) in [6, 6.07) is 16.3. The molecule has 0 fully saturated rings. The number of rotatable bonds is 8. The number of amides is 1. The van der Waals surface area contributed by atoms with E-state index in [2.05, 4.69) is 63.2 Å². The van der Waals surface area contributed by atoms with E-state index in [1.807, 2.05) is 24.3 Å². The standard InChI is InChI=1S/C21H21N5OS3/c1-3-26-18(12-28-15-10-8-14(2)9-11-15)24-25-21(26)29-13-19(27)23-20-22-16-6-4-5-7-17(16)30-20/h4-11H,3,12-13H2,1-2H3,(H,22,23,27). The Morgan fingerprint density at radius 3 is 2.67 bits per heavy atom. The molecule has 1 N–H and O–H groups in total. The van der Waals surface area contributed by atoms with Crippen molar-refractivity contribution in [1.82, 2.24) is 19.7 Å². The van der Waals surface area contributed by atoms with Crippen LogP contribution in [0, 0.1) is 6.92 Å². The van der Waals surface area contributed by atoms with Gasteiger partial charge in [0.2, 0.25) is 5.91 Å². The number of aryl methyl sites for hydroxylation is 1. The van der Waals surface area contributed by atoms with E-state index >= 15 is 0 Å². The first-order chi connectivity index (χ1) is 14.6. The van der Waals surface area contributed by atoms with Gasteiger partial charge in [-0.25, -0.2) is 4.98 Å². The third kappa shape index (κ3) is 5.03. The summed E-state index contributed by atoms with van der Waals surface area (Å²) in [6.45, 7) is 4.91. The van der Waals surface area contributed by atoms with E-state index in [1.54, 1.807) is 11.8 Å². The molecule has 2 heterocycles. The fourth-order valence-electron chi connectivity index (χ4n) is 2.84. The summed E-state index contributed by atoms with van der Waals surface area (Å²) >= 11 is 4.61. The van der Waals surface area contributed by atoms with Gasteiger partial charge in [-0.2, -0.15) is 0 Å². The fraction of sp³-hybridized carbons (Fsp3) is 0.238. The molecule has 0 saturated heterocycles. The molecule has 30 heavy (non-hydrogen) atoms. The van der Waals surface area contributed by atoms with Crippen LogP contribution in [0.4, 0.5) is 5.13 Å². The topological polar surface area (TPSA) is 72.7 Å². The molecule has 6 nitrogen and oxygen atoms in total. The maximum atomic E-state index is 12.4. The minimum absolute atomic E-state index is 0.0970. The van der Waals surface area contributed by atoms with Crippen molar-refractivity contribution in [2.45, 2.75) is 36.2 Å². The Morgan fingerprint density at radius 1 is 1.10 bits per heavy atom. The van der Waals surface area contributed by atoms with E-state index in [0.717, 1.165) is 33.5 Å². The highest BCUT2D eigenvalue weighted by Gasteiger charge is 2.14. The Morgan fingerprint density at radius 2 is 1.90 bits per heavy atom. The van der Waals surface area contributed by atoms with Gasteiger partial charge in [0.1, 0.15) is 5.82 Å². The number of aromatic nitrogens is 4. The quantitative estimate of drug-likeness (QED) is 0.366. The Balaban J connectivity index is 1.34.